The first kappa shape index (κ1) is 12.1. The Kier molecular flexibility index (Phi) is 3.31. The molecule has 0 aliphatic carbocycles. The molecule has 0 bridgehead atoms. The lowest BCUT2D eigenvalue weighted by Crippen LogP contribution is -2.13. The van der Waals surface area contributed by atoms with Crippen LogP contribution < -0.4 is 5.32 Å². The molecule has 2 aromatic rings. The number of anilines is 1. The van der Waals surface area contributed by atoms with Crippen molar-refractivity contribution in [1.29, 1.82) is 5.26 Å². The van der Waals surface area contributed by atoms with Crippen molar-refractivity contribution in [1.82, 2.24) is 9.78 Å². The highest BCUT2D eigenvalue weighted by molar-refractivity contribution is 6.31. The van der Waals surface area contributed by atoms with E-state index in [1.54, 1.807) is 31.3 Å². The van der Waals surface area contributed by atoms with E-state index < -0.39 is 0 Å². The average molecular weight is 261 g/mol. The van der Waals surface area contributed by atoms with Gasteiger partial charge in [0.05, 0.1) is 0 Å². The van der Waals surface area contributed by atoms with Gasteiger partial charge in [-0.2, -0.15) is 10.4 Å². The first-order valence-electron chi connectivity index (χ1n) is 5.11. The molecule has 0 saturated heterocycles. The summed E-state index contributed by atoms with van der Waals surface area (Å²) in [5.74, 6) is -0.113. The number of nitrogens with zero attached hydrogens (tertiary/aromatic N) is 3. The van der Waals surface area contributed by atoms with Crippen LogP contribution in [0.15, 0.2) is 30.5 Å². The molecular weight excluding hydrogens is 252 g/mol. The summed E-state index contributed by atoms with van der Waals surface area (Å²) in [4.78, 5) is 11.9. The van der Waals surface area contributed by atoms with E-state index in [1.807, 2.05) is 6.07 Å². The molecule has 0 aliphatic rings. The van der Waals surface area contributed by atoms with Crippen LogP contribution in [0.3, 0.4) is 0 Å². The molecule has 1 aromatic carbocycles. The predicted molar refractivity (Wildman–Crippen MR) is 67.3 cm³/mol. The number of carbonyl (C=O) groups excluding carboxylic acids is 1. The molecule has 0 atom stereocenters. The van der Waals surface area contributed by atoms with Gasteiger partial charge in [0.2, 0.25) is 0 Å². The van der Waals surface area contributed by atoms with Crippen LogP contribution in [-0.4, -0.2) is 15.7 Å². The molecular formula is C12H9ClN4O. The average Bonchev–Trinajstić information content (AvgIpc) is 2.69. The van der Waals surface area contributed by atoms with Gasteiger partial charge in [-0.3, -0.25) is 9.48 Å². The molecule has 5 nitrogen and oxygen atoms in total. The van der Waals surface area contributed by atoms with Crippen molar-refractivity contribution in [3.8, 4) is 6.07 Å². The third-order valence-corrected chi connectivity index (χ3v) is 2.50. The van der Waals surface area contributed by atoms with Gasteiger partial charge in [0.15, 0.2) is 5.82 Å². The summed E-state index contributed by atoms with van der Waals surface area (Å²) in [7, 11) is 1.68. The zero-order chi connectivity index (χ0) is 13.1. The summed E-state index contributed by atoms with van der Waals surface area (Å²) < 4.78 is 1.46. The van der Waals surface area contributed by atoms with E-state index >= 15 is 0 Å². The molecule has 0 fully saturated rings. The van der Waals surface area contributed by atoms with Gasteiger partial charge in [-0.05, 0) is 18.2 Å². The molecule has 1 aromatic heterocycles. The number of amides is 1. The highest BCUT2D eigenvalue weighted by Crippen LogP contribution is 2.15. The standard InChI is InChI=1S/C12H9ClN4O/c1-17-7-9(6-14)11(16-17)15-12(18)8-3-2-4-10(13)5-8/h2-5,7H,1H3,(H,15,16,18). The zero-order valence-electron chi connectivity index (χ0n) is 9.51. The second-order valence-electron chi connectivity index (χ2n) is 3.64. The van der Waals surface area contributed by atoms with Gasteiger partial charge in [-0.25, -0.2) is 0 Å². The fourth-order valence-electron chi connectivity index (χ4n) is 1.47. The second-order valence-corrected chi connectivity index (χ2v) is 4.08. The van der Waals surface area contributed by atoms with Crippen LogP contribution in [-0.2, 0) is 7.05 Å². The number of aryl methyl sites for hydroxylation is 1. The number of hydrogen-bond donors (Lipinski definition) is 1. The van der Waals surface area contributed by atoms with Crippen LogP contribution in [0.1, 0.15) is 15.9 Å². The fourth-order valence-corrected chi connectivity index (χ4v) is 1.66. The topological polar surface area (TPSA) is 70.7 Å². The largest absolute Gasteiger partial charge is 0.304 e. The second kappa shape index (κ2) is 4.90. The molecule has 0 unspecified atom stereocenters. The Morgan fingerprint density at radius 2 is 2.33 bits per heavy atom. The molecule has 0 aliphatic heterocycles. The van der Waals surface area contributed by atoms with Gasteiger partial charge < -0.3 is 5.32 Å². The summed E-state index contributed by atoms with van der Waals surface area (Å²) in [5, 5.41) is 15.9. The Labute approximate surface area is 109 Å². The minimum atomic E-state index is -0.354. The highest BCUT2D eigenvalue weighted by atomic mass is 35.5. The number of carbonyl (C=O) groups is 1. The van der Waals surface area contributed by atoms with Crippen LogP contribution >= 0.6 is 11.6 Å². The van der Waals surface area contributed by atoms with Crippen LogP contribution in [0.25, 0.3) is 0 Å². The third kappa shape index (κ3) is 2.50. The molecule has 0 spiro atoms. The molecule has 6 heteroatoms. The lowest BCUT2D eigenvalue weighted by molar-refractivity contribution is 0.102. The van der Waals surface area contributed by atoms with Crippen LogP contribution in [0.4, 0.5) is 5.82 Å². The van der Waals surface area contributed by atoms with E-state index in [0.29, 0.717) is 16.1 Å². The number of nitrogens with one attached hydrogen (secondary N) is 1. The summed E-state index contributed by atoms with van der Waals surface area (Å²) in [6.07, 6.45) is 1.54. The van der Waals surface area contributed by atoms with E-state index in [4.69, 9.17) is 16.9 Å². The lowest BCUT2D eigenvalue weighted by Gasteiger charge is -2.02. The van der Waals surface area contributed by atoms with Gasteiger partial charge in [-0.1, -0.05) is 17.7 Å². The van der Waals surface area contributed by atoms with Gasteiger partial charge in [0, 0.05) is 23.8 Å². The lowest BCUT2D eigenvalue weighted by atomic mass is 10.2. The molecule has 0 radical (unpaired) electrons. The number of nitriles is 1. The van der Waals surface area contributed by atoms with Crippen molar-refractivity contribution in [2.75, 3.05) is 5.32 Å². The van der Waals surface area contributed by atoms with E-state index in [9.17, 15) is 4.79 Å². The minimum Gasteiger partial charge on any atom is -0.304 e. The van der Waals surface area contributed by atoms with E-state index in [1.165, 1.54) is 10.9 Å². The Morgan fingerprint density at radius 1 is 1.56 bits per heavy atom. The predicted octanol–water partition coefficient (Wildman–Crippen LogP) is 2.20. The van der Waals surface area contributed by atoms with Gasteiger partial charge in [-0.15, -0.1) is 0 Å². The maximum atomic E-state index is 11.9. The van der Waals surface area contributed by atoms with E-state index in [-0.39, 0.29) is 11.7 Å². The number of rotatable bonds is 2. The van der Waals surface area contributed by atoms with Crippen molar-refractivity contribution in [3.05, 3.63) is 46.6 Å². The molecule has 1 N–H and O–H groups in total. The van der Waals surface area contributed by atoms with Crippen LogP contribution in [0, 0.1) is 11.3 Å². The van der Waals surface area contributed by atoms with Gasteiger partial charge >= 0.3 is 0 Å². The SMILES string of the molecule is Cn1cc(C#N)c(NC(=O)c2cccc(Cl)c2)n1. The quantitative estimate of drug-likeness (QED) is 0.900. The molecule has 1 amide bonds. The minimum absolute atomic E-state index is 0.241. The fraction of sp³-hybridized carbons (Fsp3) is 0.0833. The summed E-state index contributed by atoms with van der Waals surface area (Å²) >= 11 is 5.80. The van der Waals surface area contributed by atoms with Crippen molar-refractivity contribution in [3.63, 3.8) is 0 Å². The number of aromatic nitrogens is 2. The maximum absolute atomic E-state index is 11.9. The smallest absolute Gasteiger partial charge is 0.256 e. The summed E-state index contributed by atoms with van der Waals surface area (Å²) in [5.41, 5.74) is 0.727. The molecule has 1 heterocycles. The monoisotopic (exact) mass is 260 g/mol. The van der Waals surface area contributed by atoms with Crippen LogP contribution in [0.2, 0.25) is 5.02 Å². The Morgan fingerprint density at radius 3 is 3.00 bits per heavy atom. The molecule has 90 valence electrons. The van der Waals surface area contributed by atoms with Crippen molar-refractivity contribution >= 4 is 23.3 Å². The number of halogens is 1. The first-order chi connectivity index (χ1) is 8.60. The third-order valence-electron chi connectivity index (χ3n) is 2.27. The van der Waals surface area contributed by atoms with Crippen molar-refractivity contribution < 1.29 is 4.79 Å². The van der Waals surface area contributed by atoms with Gasteiger partial charge in [0.25, 0.3) is 5.91 Å². The Bertz CT molecular complexity index is 642. The Hall–Kier alpha value is -2.32. The number of benzene rings is 1. The highest BCUT2D eigenvalue weighted by Gasteiger charge is 2.12. The summed E-state index contributed by atoms with van der Waals surface area (Å²) in [6, 6.07) is 8.50. The maximum Gasteiger partial charge on any atom is 0.256 e. The Balaban J connectivity index is 2.24. The van der Waals surface area contributed by atoms with E-state index in [0.717, 1.165) is 0 Å². The first-order valence-corrected chi connectivity index (χ1v) is 5.48. The van der Waals surface area contributed by atoms with E-state index in [2.05, 4.69) is 10.4 Å². The van der Waals surface area contributed by atoms with Gasteiger partial charge in [0.1, 0.15) is 11.6 Å². The van der Waals surface area contributed by atoms with Crippen molar-refractivity contribution in [2.24, 2.45) is 7.05 Å². The summed E-state index contributed by atoms with van der Waals surface area (Å²) in [6.45, 7) is 0. The molecule has 18 heavy (non-hydrogen) atoms. The number of hydrogen-bond acceptors (Lipinski definition) is 3. The zero-order valence-corrected chi connectivity index (χ0v) is 10.3. The molecule has 2 rings (SSSR count). The van der Waals surface area contributed by atoms with Crippen LogP contribution in [0.5, 0.6) is 0 Å². The molecule has 0 saturated carbocycles. The van der Waals surface area contributed by atoms with Crippen molar-refractivity contribution in [2.45, 2.75) is 0 Å². The normalized spacial score (nSPS) is 9.83.